The van der Waals surface area contributed by atoms with Gasteiger partial charge in [-0.15, -0.1) is 0 Å². The van der Waals surface area contributed by atoms with Crippen molar-refractivity contribution in [3.05, 3.63) is 47.8 Å². The molecule has 1 amide bonds. The van der Waals surface area contributed by atoms with Gasteiger partial charge in [-0.25, -0.2) is 0 Å². The van der Waals surface area contributed by atoms with Crippen LogP contribution in [0.4, 0.5) is 5.69 Å². The maximum Gasteiger partial charge on any atom is 0.246 e. The second-order valence-corrected chi connectivity index (χ2v) is 4.83. The molecule has 2 aromatic rings. The lowest BCUT2D eigenvalue weighted by atomic mass is 10.1. The standard InChI is InChI=1S/C15H20N4O2/c1-16-14(12-9-17-19(2)10-12)15(21)18-13-5-3-11(4-6-13)7-8-20/h3-6,9-10,14,16,20H,7-8H2,1-2H3,(H,18,21). The molecule has 0 fully saturated rings. The van der Waals surface area contributed by atoms with Gasteiger partial charge in [0.1, 0.15) is 6.04 Å². The molecule has 0 saturated carbocycles. The summed E-state index contributed by atoms with van der Waals surface area (Å²) in [6.45, 7) is 0.120. The zero-order chi connectivity index (χ0) is 15.2. The maximum atomic E-state index is 12.3. The minimum atomic E-state index is -0.448. The molecule has 3 N–H and O–H groups in total. The van der Waals surface area contributed by atoms with Crippen molar-refractivity contribution < 1.29 is 9.90 Å². The van der Waals surface area contributed by atoms with E-state index in [2.05, 4.69) is 15.7 Å². The van der Waals surface area contributed by atoms with Crippen LogP contribution < -0.4 is 10.6 Å². The van der Waals surface area contributed by atoms with E-state index in [1.165, 1.54) is 0 Å². The first-order valence-electron chi connectivity index (χ1n) is 6.80. The average molecular weight is 288 g/mol. The minimum absolute atomic E-state index is 0.120. The van der Waals surface area contributed by atoms with Crippen molar-refractivity contribution in [3.63, 3.8) is 0 Å². The fourth-order valence-electron chi connectivity index (χ4n) is 2.14. The van der Waals surface area contributed by atoms with E-state index < -0.39 is 6.04 Å². The Kier molecular flexibility index (Phi) is 5.08. The smallest absolute Gasteiger partial charge is 0.246 e. The number of rotatable bonds is 6. The fraction of sp³-hybridized carbons (Fsp3) is 0.333. The largest absolute Gasteiger partial charge is 0.396 e. The first-order chi connectivity index (χ1) is 10.1. The molecular weight excluding hydrogens is 268 g/mol. The van der Waals surface area contributed by atoms with Gasteiger partial charge in [-0.3, -0.25) is 9.48 Å². The van der Waals surface area contributed by atoms with E-state index in [0.717, 1.165) is 16.8 Å². The topological polar surface area (TPSA) is 79.2 Å². The van der Waals surface area contributed by atoms with Gasteiger partial charge in [0.15, 0.2) is 0 Å². The van der Waals surface area contributed by atoms with Gasteiger partial charge in [-0.2, -0.15) is 5.10 Å². The highest BCUT2D eigenvalue weighted by Gasteiger charge is 2.20. The monoisotopic (exact) mass is 288 g/mol. The molecule has 1 atom stereocenters. The molecule has 6 nitrogen and oxygen atoms in total. The Bertz CT molecular complexity index is 592. The van der Waals surface area contributed by atoms with E-state index in [0.29, 0.717) is 6.42 Å². The minimum Gasteiger partial charge on any atom is -0.396 e. The Morgan fingerprint density at radius 2 is 2.10 bits per heavy atom. The van der Waals surface area contributed by atoms with Crippen LogP contribution >= 0.6 is 0 Å². The van der Waals surface area contributed by atoms with Gasteiger partial charge in [0, 0.05) is 31.1 Å². The Balaban J connectivity index is 2.05. The molecular formula is C15H20N4O2. The summed E-state index contributed by atoms with van der Waals surface area (Å²) in [5, 5.41) is 18.8. The van der Waals surface area contributed by atoms with E-state index in [4.69, 9.17) is 5.11 Å². The highest BCUT2D eigenvalue weighted by atomic mass is 16.3. The number of nitrogens with zero attached hydrogens (tertiary/aromatic N) is 2. The molecule has 0 aliphatic carbocycles. The second kappa shape index (κ2) is 7.01. The molecule has 2 rings (SSSR count). The number of hydrogen-bond donors (Lipinski definition) is 3. The van der Waals surface area contributed by atoms with Crippen molar-refractivity contribution in [1.82, 2.24) is 15.1 Å². The van der Waals surface area contributed by atoms with Gasteiger partial charge in [0.2, 0.25) is 5.91 Å². The predicted octanol–water partition coefficient (Wildman–Crippen LogP) is 0.854. The summed E-state index contributed by atoms with van der Waals surface area (Å²) in [5.74, 6) is -0.139. The molecule has 1 aromatic heterocycles. The van der Waals surface area contributed by atoms with Crippen molar-refractivity contribution in [3.8, 4) is 0 Å². The maximum absolute atomic E-state index is 12.3. The summed E-state index contributed by atoms with van der Waals surface area (Å²) in [6, 6.07) is 7.00. The van der Waals surface area contributed by atoms with E-state index >= 15 is 0 Å². The van der Waals surface area contributed by atoms with Crippen LogP contribution in [0.25, 0.3) is 0 Å². The highest BCUT2D eigenvalue weighted by molar-refractivity contribution is 5.95. The van der Waals surface area contributed by atoms with Gasteiger partial charge in [0.05, 0.1) is 6.20 Å². The molecule has 1 heterocycles. The zero-order valence-electron chi connectivity index (χ0n) is 12.2. The molecule has 112 valence electrons. The summed E-state index contributed by atoms with van der Waals surface area (Å²) in [5.41, 5.74) is 2.58. The summed E-state index contributed by atoms with van der Waals surface area (Å²) >= 11 is 0. The predicted molar refractivity (Wildman–Crippen MR) is 80.9 cm³/mol. The first-order valence-corrected chi connectivity index (χ1v) is 6.80. The van der Waals surface area contributed by atoms with Gasteiger partial charge in [-0.05, 0) is 31.2 Å². The third kappa shape index (κ3) is 3.90. The van der Waals surface area contributed by atoms with Crippen LogP contribution in [0.2, 0.25) is 0 Å². The van der Waals surface area contributed by atoms with Crippen LogP contribution in [0.15, 0.2) is 36.7 Å². The summed E-state index contributed by atoms with van der Waals surface area (Å²) in [4.78, 5) is 12.3. The summed E-state index contributed by atoms with van der Waals surface area (Å²) in [7, 11) is 3.55. The normalized spacial score (nSPS) is 12.1. The third-order valence-electron chi connectivity index (χ3n) is 3.23. The molecule has 0 saturated heterocycles. The number of aromatic nitrogens is 2. The molecule has 0 radical (unpaired) electrons. The lowest BCUT2D eigenvalue weighted by Gasteiger charge is -2.14. The van der Waals surface area contributed by atoms with Gasteiger partial charge in [-0.1, -0.05) is 12.1 Å². The number of aliphatic hydroxyl groups is 1. The van der Waals surface area contributed by atoms with Crippen molar-refractivity contribution in [2.75, 3.05) is 19.0 Å². The van der Waals surface area contributed by atoms with Crippen LogP contribution in [0.5, 0.6) is 0 Å². The number of amides is 1. The van der Waals surface area contributed by atoms with E-state index in [1.54, 1.807) is 17.9 Å². The molecule has 1 aromatic carbocycles. The Labute approximate surface area is 123 Å². The Morgan fingerprint density at radius 3 is 2.62 bits per heavy atom. The number of nitrogens with one attached hydrogen (secondary N) is 2. The van der Waals surface area contributed by atoms with Crippen molar-refractivity contribution >= 4 is 11.6 Å². The quantitative estimate of drug-likeness (QED) is 0.736. The number of aryl methyl sites for hydroxylation is 1. The van der Waals surface area contributed by atoms with Crippen LogP contribution in [0.1, 0.15) is 17.2 Å². The van der Waals surface area contributed by atoms with Crippen LogP contribution in [0.3, 0.4) is 0 Å². The Hall–Kier alpha value is -2.18. The van der Waals surface area contributed by atoms with Crippen LogP contribution in [0, 0.1) is 0 Å². The molecule has 6 heteroatoms. The lowest BCUT2D eigenvalue weighted by Crippen LogP contribution is -2.30. The van der Waals surface area contributed by atoms with Gasteiger partial charge < -0.3 is 15.7 Å². The van der Waals surface area contributed by atoms with Gasteiger partial charge in [0.25, 0.3) is 0 Å². The number of aliphatic hydroxyl groups excluding tert-OH is 1. The van der Waals surface area contributed by atoms with Crippen molar-refractivity contribution in [2.45, 2.75) is 12.5 Å². The molecule has 0 bridgehead atoms. The van der Waals surface area contributed by atoms with E-state index in [9.17, 15) is 4.79 Å². The van der Waals surface area contributed by atoms with Crippen molar-refractivity contribution in [2.24, 2.45) is 7.05 Å². The van der Waals surface area contributed by atoms with E-state index in [1.807, 2.05) is 37.5 Å². The van der Waals surface area contributed by atoms with Crippen LogP contribution in [-0.4, -0.2) is 34.4 Å². The molecule has 0 aliphatic heterocycles. The second-order valence-electron chi connectivity index (χ2n) is 4.83. The number of likely N-dealkylation sites (N-methyl/N-ethyl adjacent to an activating group) is 1. The number of benzene rings is 1. The first kappa shape index (κ1) is 15.2. The zero-order valence-corrected chi connectivity index (χ0v) is 12.2. The number of anilines is 1. The average Bonchev–Trinajstić information content (AvgIpc) is 2.88. The van der Waals surface area contributed by atoms with Crippen molar-refractivity contribution in [1.29, 1.82) is 0 Å². The van der Waals surface area contributed by atoms with E-state index in [-0.39, 0.29) is 12.5 Å². The lowest BCUT2D eigenvalue weighted by molar-refractivity contribution is -0.118. The molecule has 1 unspecified atom stereocenters. The third-order valence-corrected chi connectivity index (χ3v) is 3.23. The summed E-state index contributed by atoms with van der Waals surface area (Å²) < 4.78 is 1.66. The molecule has 21 heavy (non-hydrogen) atoms. The van der Waals surface area contributed by atoms with Gasteiger partial charge >= 0.3 is 0 Å². The fourth-order valence-corrected chi connectivity index (χ4v) is 2.14. The summed E-state index contributed by atoms with van der Waals surface area (Å²) in [6.07, 6.45) is 4.10. The number of hydrogen-bond acceptors (Lipinski definition) is 4. The highest BCUT2D eigenvalue weighted by Crippen LogP contribution is 2.16. The SMILES string of the molecule is CNC(C(=O)Nc1ccc(CCO)cc1)c1cnn(C)c1. The number of carbonyl (C=O) groups excluding carboxylic acids is 1. The number of carbonyl (C=O) groups is 1. The Morgan fingerprint density at radius 1 is 1.38 bits per heavy atom. The van der Waals surface area contributed by atoms with Crippen LogP contribution in [-0.2, 0) is 18.3 Å². The molecule has 0 aliphatic rings. The molecule has 0 spiro atoms.